The molecule has 1 rings (SSSR count). The SMILES string of the molecule is COc1ccc(N)cc1OCCOC(C)C#N. The molecule has 0 fully saturated rings. The van der Waals surface area contributed by atoms with Gasteiger partial charge in [0.1, 0.15) is 12.7 Å². The molecule has 0 saturated heterocycles. The molecule has 0 aliphatic carbocycles. The van der Waals surface area contributed by atoms with Crippen LogP contribution in [0.5, 0.6) is 11.5 Å². The minimum Gasteiger partial charge on any atom is -0.493 e. The first-order chi connectivity index (χ1) is 8.17. The normalized spacial score (nSPS) is 11.6. The molecule has 1 aromatic carbocycles. The van der Waals surface area contributed by atoms with Crippen LogP contribution in [0.1, 0.15) is 6.92 Å². The highest BCUT2D eigenvalue weighted by Gasteiger charge is 2.05. The summed E-state index contributed by atoms with van der Waals surface area (Å²) in [6, 6.07) is 7.14. The molecule has 0 aliphatic heterocycles. The van der Waals surface area contributed by atoms with Crippen LogP contribution in [0, 0.1) is 11.3 Å². The van der Waals surface area contributed by atoms with E-state index in [4.69, 9.17) is 25.2 Å². The van der Waals surface area contributed by atoms with Gasteiger partial charge in [0.2, 0.25) is 0 Å². The third-order valence-electron chi connectivity index (χ3n) is 2.08. The van der Waals surface area contributed by atoms with E-state index in [9.17, 15) is 0 Å². The second-order valence-electron chi connectivity index (χ2n) is 3.40. The fraction of sp³-hybridized carbons (Fsp3) is 0.417. The molecule has 92 valence electrons. The van der Waals surface area contributed by atoms with Crippen molar-refractivity contribution in [2.24, 2.45) is 0 Å². The lowest BCUT2D eigenvalue weighted by atomic mass is 10.3. The van der Waals surface area contributed by atoms with E-state index in [1.54, 1.807) is 32.2 Å². The van der Waals surface area contributed by atoms with Crippen molar-refractivity contribution in [2.45, 2.75) is 13.0 Å². The first-order valence-electron chi connectivity index (χ1n) is 5.25. The highest BCUT2D eigenvalue weighted by Crippen LogP contribution is 2.28. The number of hydrogen-bond acceptors (Lipinski definition) is 5. The van der Waals surface area contributed by atoms with Crippen molar-refractivity contribution < 1.29 is 14.2 Å². The summed E-state index contributed by atoms with van der Waals surface area (Å²) in [5.41, 5.74) is 6.25. The summed E-state index contributed by atoms with van der Waals surface area (Å²) in [6.07, 6.45) is -0.429. The van der Waals surface area contributed by atoms with Crippen molar-refractivity contribution in [3.8, 4) is 17.6 Å². The Morgan fingerprint density at radius 2 is 2.12 bits per heavy atom. The molecule has 1 aromatic rings. The molecule has 5 nitrogen and oxygen atoms in total. The van der Waals surface area contributed by atoms with Crippen molar-refractivity contribution in [3.05, 3.63) is 18.2 Å². The molecule has 0 amide bonds. The van der Waals surface area contributed by atoms with Gasteiger partial charge in [0, 0.05) is 11.8 Å². The van der Waals surface area contributed by atoms with Crippen LogP contribution in [0.15, 0.2) is 18.2 Å². The van der Waals surface area contributed by atoms with Gasteiger partial charge in [-0.05, 0) is 19.1 Å². The lowest BCUT2D eigenvalue weighted by molar-refractivity contribution is 0.0736. The van der Waals surface area contributed by atoms with Gasteiger partial charge in [0.25, 0.3) is 0 Å². The Labute approximate surface area is 101 Å². The van der Waals surface area contributed by atoms with E-state index < -0.39 is 6.10 Å². The number of benzene rings is 1. The molecule has 2 N–H and O–H groups in total. The Hall–Kier alpha value is -1.93. The summed E-state index contributed by atoms with van der Waals surface area (Å²) < 4.78 is 15.7. The summed E-state index contributed by atoms with van der Waals surface area (Å²) in [5, 5.41) is 8.52. The zero-order valence-corrected chi connectivity index (χ0v) is 9.97. The second kappa shape index (κ2) is 6.61. The fourth-order valence-corrected chi connectivity index (χ4v) is 1.22. The molecule has 1 unspecified atom stereocenters. The Kier molecular flexibility index (Phi) is 5.11. The van der Waals surface area contributed by atoms with Crippen LogP contribution in [0.4, 0.5) is 5.69 Å². The molecule has 0 aromatic heterocycles. The van der Waals surface area contributed by atoms with E-state index in [1.807, 2.05) is 6.07 Å². The van der Waals surface area contributed by atoms with Crippen LogP contribution in [0.25, 0.3) is 0 Å². The van der Waals surface area contributed by atoms with Crippen LogP contribution in [0.3, 0.4) is 0 Å². The van der Waals surface area contributed by atoms with Gasteiger partial charge in [-0.3, -0.25) is 0 Å². The maximum absolute atomic E-state index is 8.52. The van der Waals surface area contributed by atoms with Gasteiger partial charge in [-0.1, -0.05) is 0 Å². The molecule has 5 heteroatoms. The maximum atomic E-state index is 8.52. The first-order valence-corrected chi connectivity index (χ1v) is 5.25. The average Bonchev–Trinajstić information content (AvgIpc) is 2.34. The van der Waals surface area contributed by atoms with Gasteiger partial charge in [0.15, 0.2) is 11.5 Å². The smallest absolute Gasteiger partial charge is 0.163 e. The number of hydrogen-bond donors (Lipinski definition) is 1. The van der Waals surface area contributed by atoms with Crippen LogP contribution < -0.4 is 15.2 Å². The summed E-state index contributed by atoms with van der Waals surface area (Å²) in [4.78, 5) is 0. The van der Waals surface area contributed by atoms with Gasteiger partial charge in [-0.25, -0.2) is 0 Å². The summed E-state index contributed by atoms with van der Waals surface area (Å²) in [6.45, 7) is 2.36. The topological polar surface area (TPSA) is 77.5 Å². The third-order valence-corrected chi connectivity index (χ3v) is 2.08. The number of anilines is 1. The standard InChI is InChI=1S/C12H16N2O3/c1-9(8-13)16-5-6-17-12-7-10(14)3-4-11(12)15-2/h3-4,7,9H,5-6,14H2,1-2H3. The average molecular weight is 236 g/mol. The van der Waals surface area contributed by atoms with Crippen LogP contribution in [-0.4, -0.2) is 26.4 Å². The lowest BCUT2D eigenvalue weighted by Crippen LogP contribution is -2.12. The molecular formula is C12H16N2O3. The predicted octanol–water partition coefficient (Wildman–Crippen LogP) is 1.58. The minimum absolute atomic E-state index is 0.339. The second-order valence-corrected chi connectivity index (χ2v) is 3.40. The van der Waals surface area contributed by atoms with E-state index in [1.165, 1.54) is 0 Å². The van der Waals surface area contributed by atoms with Gasteiger partial charge >= 0.3 is 0 Å². The zero-order valence-electron chi connectivity index (χ0n) is 9.97. The largest absolute Gasteiger partial charge is 0.493 e. The number of nitrogens with zero attached hydrogens (tertiary/aromatic N) is 1. The number of ether oxygens (including phenoxy) is 3. The quantitative estimate of drug-likeness (QED) is 0.599. The number of nitrogens with two attached hydrogens (primary N) is 1. The monoisotopic (exact) mass is 236 g/mol. The summed E-state index contributed by atoms with van der Waals surface area (Å²) in [7, 11) is 1.56. The summed E-state index contributed by atoms with van der Waals surface area (Å²) in [5.74, 6) is 1.19. The maximum Gasteiger partial charge on any atom is 0.163 e. The van der Waals surface area contributed by atoms with Crippen molar-refractivity contribution in [3.63, 3.8) is 0 Å². The van der Waals surface area contributed by atoms with Crippen molar-refractivity contribution >= 4 is 5.69 Å². The van der Waals surface area contributed by atoms with Gasteiger partial charge in [-0.2, -0.15) is 5.26 Å². The van der Waals surface area contributed by atoms with Gasteiger partial charge in [0.05, 0.1) is 19.8 Å². The van der Waals surface area contributed by atoms with E-state index in [0.29, 0.717) is 30.4 Å². The molecule has 0 aliphatic rings. The Morgan fingerprint density at radius 3 is 2.76 bits per heavy atom. The molecular weight excluding hydrogens is 220 g/mol. The number of nitrogen functional groups attached to an aromatic ring is 1. The Morgan fingerprint density at radius 1 is 1.35 bits per heavy atom. The van der Waals surface area contributed by atoms with E-state index in [2.05, 4.69) is 0 Å². The number of methoxy groups -OCH3 is 1. The van der Waals surface area contributed by atoms with E-state index in [0.717, 1.165) is 0 Å². The lowest BCUT2D eigenvalue weighted by Gasteiger charge is -2.11. The van der Waals surface area contributed by atoms with Crippen molar-refractivity contribution in [2.75, 3.05) is 26.1 Å². The molecule has 0 bridgehead atoms. The first kappa shape index (κ1) is 13.1. The van der Waals surface area contributed by atoms with Crippen molar-refractivity contribution in [1.82, 2.24) is 0 Å². The molecule has 17 heavy (non-hydrogen) atoms. The van der Waals surface area contributed by atoms with Crippen LogP contribution >= 0.6 is 0 Å². The molecule has 1 atom stereocenters. The molecule has 0 heterocycles. The van der Waals surface area contributed by atoms with Crippen LogP contribution in [-0.2, 0) is 4.74 Å². The minimum atomic E-state index is -0.429. The predicted molar refractivity (Wildman–Crippen MR) is 63.9 cm³/mol. The number of nitriles is 1. The molecule has 0 spiro atoms. The highest BCUT2D eigenvalue weighted by molar-refractivity contribution is 5.51. The van der Waals surface area contributed by atoms with Gasteiger partial charge in [-0.15, -0.1) is 0 Å². The number of rotatable bonds is 6. The zero-order chi connectivity index (χ0) is 12.7. The fourth-order valence-electron chi connectivity index (χ4n) is 1.22. The third kappa shape index (κ3) is 4.21. The van der Waals surface area contributed by atoms with E-state index >= 15 is 0 Å². The van der Waals surface area contributed by atoms with Gasteiger partial charge < -0.3 is 19.9 Å². The molecule has 0 radical (unpaired) electrons. The van der Waals surface area contributed by atoms with Crippen LogP contribution in [0.2, 0.25) is 0 Å². The Balaban J connectivity index is 2.46. The Bertz CT molecular complexity index is 401. The van der Waals surface area contributed by atoms with E-state index in [-0.39, 0.29) is 0 Å². The van der Waals surface area contributed by atoms with Crippen molar-refractivity contribution in [1.29, 1.82) is 5.26 Å². The molecule has 0 saturated carbocycles. The summed E-state index contributed by atoms with van der Waals surface area (Å²) >= 11 is 0. The highest BCUT2D eigenvalue weighted by atomic mass is 16.5.